The number of pyridine rings is 1. The number of aryl methyl sites for hydroxylation is 2. The van der Waals surface area contributed by atoms with Gasteiger partial charge in [-0.25, -0.2) is 4.98 Å². The molecule has 0 atom stereocenters. The molecule has 0 aliphatic heterocycles. The van der Waals surface area contributed by atoms with Gasteiger partial charge in [0.2, 0.25) is 5.71 Å². The Morgan fingerprint density at radius 1 is 0.700 bits per heavy atom. The summed E-state index contributed by atoms with van der Waals surface area (Å²) in [6.07, 6.45) is 1.55. The van der Waals surface area contributed by atoms with Crippen LogP contribution in [-0.2, 0) is 20.1 Å². The first-order chi connectivity index (χ1) is 19.2. The zero-order valence-electron chi connectivity index (χ0n) is 22.1. The first-order valence-electron chi connectivity index (χ1n) is 12.8. The standard InChI is InChI=1S/C23H15N2O.C12H10N.Ir/c1-15-20-21(19-12-11-16-7-5-6-10-18(16)13-19)24-14-25-23(20)26-22(15)17-8-3-2-4-9-17;1-10-6-5-9-12(13-10)11-7-3-2-4-8-11;/h2-11,13-14H,1H3;2-7,9H,1H3;/q2*-1;. The second-order valence-electron chi connectivity index (χ2n) is 9.24. The van der Waals surface area contributed by atoms with Crippen molar-refractivity contribution in [1.82, 2.24) is 15.0 Å². The molecule has 0 N–H and O–H groups in total. The summed E-state index contributed by atoms with van der Waals surface area (Å²) in [5.41, 5.74) is 7.55. The number of benzene rings is 4. The van der Waals surface area contributed by atoms with Crippen molar-refractivity contribution >= 4 is 21.9 Å². The first kappa shape index (κ1) is 27.1. The Balaban J connectivity index is 0.000000195. The summed E-state index contributed by atoms with van der Waals surface area (Å²) in [5.74, 6) is 0.836. The van der Waals surface area contributed by atoms with Gasteiger partial charge in [-0.3, -0.25) is 4.98 Å². The Bertz CT molecular complexity index is 1880. The van der Waals surface area contributed by atoms with Gasteiger partial charge in [0.25, 0.3) is 0 Å². The van der Waals surface area contributed by atoms with Crippen molar-refractivity contribution in [3.05, 3.63) is 139 Å². The minimum atomic E-state index is 0. The molecule has 0 saturated heterocycles. The fourth-order valence-corrected chi connectivity index (χ4v) is 4.65. The average Bonchev–Trinajstić information content (AvgIpc) is 3.34. The van der Waals surface area contributed by atoms with Crippen LogP contribution in [0.3, 0.4) is 0 Å². The molecular weight excluding hydrogens is 671 g/mol. The van der Waals surface area contributed by atoms with Crippen LogP contribution >= 0.6 is 0 Å². The summed E-state index contributed by atoms with van der Waals surface area (Å²) < 4.78 is 6.07. The molecule has 0 aliphatic carbocycles. The summed E-state index contributed by atoms with van der Waals surface area (Å²) in [5, 5.41) is 3.27. The average molecular weight is 696 g/mol. The van der Waals surface area contributed by atoms with Crippen molar-refractivity contribution in [3.8, 4) is 33.8 Å². The summed E-state index contributed by atoms with van der Waals surface area (Å²) in [6, 6.07) is 42.9. The number of fused-ring (bicyclic) bond motifs is 2. The molecule has 0 spiro atoms. The zero-order chi connectivity index (χ0) is 26.6. The van der Waals surface area contributed by atoms with E-state index in [-0.39, 0.29) is 20.1 Å². The van der Waals surface area contributed by atoms with Crippen LogP contribution in [0.2, 0.25) is 0 Å². The van der Waals surface area contributed by atoms with Crippen LogP contribution in [0, 0.1) is 26.0 Å². The molecule has 5 heteroatoms. The monoisotopic (exact) mass is 696 g/mol. The van der Waals surface area contributed by atoms with Gasteiger partial charge in [0, 0.05) is 42.4 Å². The molecule has 0 aliphatic rings. The van der Waals surface area contributed by atoms with E-state index in [1.165, 1.54) is 0 Å². The van der Waals surface area contributed by atoms with Crippen molar-refractivity contribution in [2.24, 2.45) is 0 Å². The minimum absolute atomic E-state index is 0. The van der Waals surface area contributed by atoms with Gasteiger partial charge in [-0.05, 0) is 31.2 Å². The van der Waals surface area contributed by atoms with E-state index in [0.717, 1.165) is 61.3 Å². The van der Waals surface area contributed by atoms with Crippen LogP contribution in [0.1, 0.15) is 11.3 Å². The smallest absolute Gasteiger partial charge is 0.221 e. The van der Waals surface area contributed by atoms with E-state index in [0.29, 0.717) is 5.71 Å². The summed E-state index contributed by atoms with van der Waals surface area (Å²) >= 11 is 0. The number of nitrogens with zero attached hydrogens (tertiary/aromatic N) is 3. The summed E-state index contributed by atoms with van der Waals surface area (Å²) in [6.45, 7) is 4.05. The van der Waals surface area contributed by atoms with Crippen molar-refractivity contribution in [2.45, 2.75) is 13.8 Å². The molecule has 3 heterocycles. The molecule has 197 valence electrons. The van der Waals surface area contributed by atoms with Gasteiger partial charge in [-0.2, -0.15) is 0 Å². The quantitative estimate of drug-likeness (QED) is 0.174. The van der Waals surface area contributed by atoms with E-state index in [4.69, 9.17) is 4.42 Å². The van der Waals surface area contributed by atoms with Crippen LogP contribution in [0.4, 0.5) is 0 Å². The Labute approximate surface area is 247 Å². The molecule has 7 aromatic rings. The number of hydrogen-bond donors (Lipinski definition) is 0. The van der Waals surface area contributed by atoms with E-state index >= 15 is 0 Å². The summed E-state index contributed by atoms with van der Waals surface area (Å²) in [4.78, 5) is 13.3. The van der Waals surface area contributed by atoms with Crippen LogP contribution < -0.4 is 0 Å². The second kappa shape index (κ2) is 12.2. The largest absolute Gasteiger partial charge is 0.438 e. The Hall–Kier alpha value is -4.44. The van der Waals surface area contributed by atoms with E-state index in [1.54, 1.807) is 6.33 Å². The number of hydrogen-bond acceptors (Lipinski definition) is 4. The topological polar surface area (TPSA) is 51.8 Å². The fraction of sp³-hybridized carbons (Fsp3) is 0.0571. The zero-order valence-corrected chi connectivity index (χ0v) is 24.4. The van der Waals surface area contributed by atoms with Crippen LogP contribution in [0.25, 0.3) is 55.7 Å². The number of rotatable bonds is 3. The van der Waals surface area contributed by atoms with Crippen molar-refractivity contribution < 1.29 is 24.5 Å². The maximum atomic E-state index is 6.07. The van der Waals surface area contributed by atoms with Crippen LogP contribution in [-0.4, -0.2) is 15.0 Å². The molecule has 7 rings (SSSR count). The molecular formula is C35H25IrN3O-2. The molecule has 1 radical (unpaired) electrons. The van der Waals surface area contributed by atoms with Gasteiger partial charge < -0.3 is 9.40 Å². The van der Waals surface area contributed by atoms with Crippen molar-refractivity contribution in [2.75, 3.05) is 0 Å². The van der Waals surface area contributed by atoms with E-state index in [2.05, 4.69) is 52.2 Å². The molecule has 0 fully saturated rings. The Kier molecular flexibility index (Phi) is 8.25. The third-order valence-electron chi connectivity index (χ3n) is 6.57. The summed E-state index contributed by atoms with van der Waals surface area (Å²) in [7, 11) is 0. The van der Waals surface area contributed by atoms with E-state index < -0.39 is 0 Å². The first-order valence-corrected chi connectivity index (χ1v) is 12.8. The number of aromatic nitrogens is 3. The van der Waals surface area contributed by atoms with E-state index in [9.17, 15) is 0 Å². The Morgan fingerprint density at radius 2 is 1.48 bits per heavy atom. The second-order valence-corrected chi connectivity index (χ2v) is 9.24. The Morgan fingerprint density at radius 3 is 2.25 bits per heavy atom. The third-order valence-corrected chi connectivity index (χ3v) is 6.57. The molecule has 0 saturated carbocycles. The molecule has 40 heavy (non-hydrogen) atoms. The predicted octanol–water partition coefficient (Wildman–Crippen LogP) is 8.67. The third kappa shape index (κ3) is 5.62. The van der Waals surface area contributed by atoms with E-state index in [1.807, 2.05) is 97.9 Å². The minimum Gasteiger partial charge on any atom is -0.438 e. The normalized spacial score (nSPS) is 10.6. The van der Waals surface area contributed by atoms with Crippen molar-refractivity contribution in [1.29, 1.82) is 0 Å². The maximum Gasteiger partial charge on any atom is 0.221 e. The van der Waals surface area contributed by atoms with Gasteiger partial charge in [-0.15, -0.1) is 65.0 Å². The fourth-order valence-electron chi connectivity index (χ4n) is 4.65. The van der Waals surface area contributed by atoms with Gasteiger partial charge in [0.15, 0.2) is 0 Å². The molecule has 4 nitrogen and oxygen atoms in total. The molecule has 4 aromatic carbocycles. The van der Waals surface area contributed by atoms with Gasteiger partial charge in [0.05, 0.1) is 0 Å². The van der Waals surface area contributed by atoms with Gasteiger partial charge in [-0.1, -0.05) is 72.1 Å². The van der Waals surface area contributed by atoms with Crippen LogP contribution in [0.15, 0.2) is 120 Å². The maximum absolute atomic E-state index is 6.07. The van der Waals surface area contributed by atoms with Crippen LogP contribution in [0.5, 0.6) is 0 Å². The van der Waals surface area contributed by atoms with Crippen molar-refractivity contribution in [3.63, 3.8) is 0 Å². The molecule has 0 amide bonds. The van der Waals surface area contributed by atoms with Gasteiger partial charge >= 0.3 is 0 Å². The molecule has 0 bridgehead atoms. The molecule has 3 aromatic heterocycles. The predicted molar refractivity (Wildman–Crippen MR) is 157 cm³/mol. The SMILES string of the molecule is Cc1c(-c2ccccc2)oc2ncnc(-c3[c-]cc4ccccc4c3)c12.Cc1cccc(-c2[c-]cccc2)n1.[Ir]. The molecule has 0 unspecified atom stereocenters. The van der Waals surface area contributed by atoms with Gasteiger partial charge in [0.1, 0.15) is 12.1 Å². The number of furan rings is 1.